The maximum Gasteiger partial charge on any atom is 0.323 e. The molecular formula is C22H21BrClN3O3. The number of imidazole rings is 1. The summed E-state index contributed by atoms with van der Waals surface area (Å²) in [4.78, 5) is 16.9. The van der Waals surface area contributed by atoms with E-state index in [0.717, 1.165) is 32.3 Å². The Hall–Kier alpha value is -2.90. The molecule has 0 amide bonds. The molecule has 6 nitrogen and oxygen atoms in total. The first-order valence-corrected chi connectivity index (χ1v) is 9.91. The Kier molecular flexibility index (Phi) is 7.07. The van der Waals surface area contributed by atoms with E-state index in [1.54, 1.807) is 7.11 Å². The van der Waals surface area contributed by atoms with Gasteiger partial charge in [0.1, 0.15) is 6.61 Å². The van der Waals surface area contributed by atoms with Crippen molar-refractivity contribution >= 4 is 45.1 Å². The smallest absolute Gasteiger partial charge is 0.323 e. The van der Waals surface area contributed by atoms with Crippen molar-refractivity contribution in [2.24, 2.45) is 0 Å². The van der Waals surface area contributed by atoms with Gasteiger partial charge < -0.3 is 24.8 Å². The van der Waals surface area contributed by atoms with Crippen LogP contribution in [-0.2, 0) is 13.2 Å². The van der Waals surface area contributed by atoms with E-state index in [4.69, 9.17) is 9.47 Å². The van der Waals surface area contributed by atoms with Gasteiger partial charge in [0.05, 0.1) is 22.6 Å². The average Bonchev–Trinajstić information content (AvgIpc) is 3.11. The van der Waals surface area contributed by atoms with E-state index < -0.39 is 0 Å². The molecular weight excluding hydrogens is 470 g/mol. The molecule has 0 spiro atoms. The fourth-order valence-electron chi connectivity index (χ4n) is 3.09. The molecule has 1 heterocycles. The van der Waals surface area contributed by atoms with E-state index in [1.807, 2.05) is 60.7 Å². The maximum absolute atomic E-state index is 11.4. The van der Waals surface area contributed by atoms with Crippen LogP contribution in [0.3, 0.4) is 0 Å². The highest BCUT2D eigenvalue weighted by atomic mass is 79.9. The van der Waals surface area contributed by atoms with Crippen molar-refractivity contribution in [3.05, 3.63) is 86.7 Å². The number of fused-ring (bicyclic) bond motifs is 1. The predicted octanol–water partition coefficient (Wildman–Crippen LogP) is 5.24. The third kappa shape index (κ3) is 4.98. The number of rotatable bonds is 7. The average molecular weight is 491 g/mol. The summed E-state index contributed by atoms with van der Waals surface area (Å²) in [5.74, 6) is 1.34. The van der Waals surface area contributed by atoms with Gasteiger partial charge in [-0.2, -0.15) is 0 Å². The van der Waals surface area contributed by atoms with Crippen molar-refractivity contribution in [2.45, 2.75) is 13.2 Å². The summed E-state index contributed by atoms with van der Waals surface area (Å²) < 4.78 is 12.4. The van der Waals surface area contributed by atoms with Crippen LogP contribution in [0.2, 0.25) is 0 Å². The zero-order valence-electron chi connectivity index (χ0n) is 16.2. The van der Waals surface area contributed by atoms with Gasteiger partial charge in [0, 0.05) is 12.2 Å². The largest absolute Gasteiger partial charge is 0.493 e. The molecule has 3 N–H and O–H groups in total. The van der Waals surface area contributed by atoms with E-state index in [1.165, 1.54) is 0 Å². The second-order valence-corrected chi connectivity index (χ2v) is 7.43. The van der Waals surface area contributed by atoms with E-state index in [0.29, 0.717) is 24.7 Å². The summed E-state index contributed by atoms with van der Waals surface area (Å²) in [7, 11) is 1.63. The Balaban J connectivity index is 0.00000256. The van der Waals surface area contributed by atoms with Gasteiger partial charge in [-0.1, -0.05) is 30.3 Å². The van der Waals surface area contributed by atoms with Crippen LogP contribution < -0.4 is 20.5 Å². The number of hydrogen-bond donors (Lipinski definition) is 3. The second kappa shape index (κ2) is 9.73. The summed E-state index contributed by atoms with van der Waals surface area (Å²) in [5.41, 5.74) is 4.37. The summed E-state index contributed by atoms with van der Waals surface area (Å²) in [5, 5.41) is 3.37. The molecule has 0 aliphatic carbocycles. The van der Waals surface area contributed by atoms with Crippen LogP contribution in [0.5, 0.6) is 11.5 Å². The number of ether oxygens (including phenoxy) is 2. The highest BCUT2D eigenvalue weighted by Crippen LogP contribution is 2.37. The molecule has 0 aliphatic heterocycles. The minimum Gasteiger partial charge on any atom is -0.493 e. The Morgan fingerprint density at radius 3 is 2.50 bits per heavy atom. The lowest BCUT2D eigenvalue weighted by Gasteiger charge is -2.15. The number of anilines is 1. The number of aromatic nitrogens is 2. The first-order chi connectivity index (χ1) is 14.1. The lowest BCUT2D eigenvalue weighted by molar-refractivity contribution is 0.282. The summed E-state index contributed by atoms with van der Waals surface area (Å²) in [6, 6.07) is 19.6. The first kappa shape index (κ1) is 21.8. The van der Waals surface area contributed by atoms with Crippen molar-refractivity contribution < 1.29 is 9.47 Å². The first-order valence-electron chi connectivity index (χ1n) is 9.11. The summed E-state index contributed by atoms with van der Waals surface area (Å²) in [6.45, 7) is 1.05. The van der Waals surface area contributed by atoms with Gasteiger partial charge in [-0.15, -0.1) is 12.4 Å². The molecule has 0 fully saturated rings. The fourth-order valence-corrected chi connectivity index (χ4v) is 3.70. The number of hydrogen-bond acceptors (Lipinski definition) is 4. The molecule has 4 aromatic rings. The highest BCUT2D eigenvalue weighted by molar-refractivity contribution is 9.10. The zero-order valence-corrected chi connectivity index (χ0v) is 18.6. The molecule has 3 aromatic carbocycles. The Bertz CT molecular complexity index is 1190. The number of H-pyrrole nitrogens is 2. The van der Waals surface area contributed by atoms with Crippen molar-refractivity contribution in [2.75, 3.05) is 12.4 Å². The minimum absolute atomic E-state index is 0. The van der Waals surface area contributed by atoms with Crippen LogP contribution in [0.25, 0.3) is 11.0 Å². The van der Waals surface area contributed by atoms with Crippen LogP contribution >= 0.6 is 28.3 Å². The van der Waals surface area contributed by atoms with Crippen molar-refractivity contribution in [1.82, 2.24) is 9.97 Å². The molecule has 0 aliphatic rings. The van der Waals surface area contributed by atoms with Crippen LogP contribution in [0.15, 0.2) is 69.9 Å². The van der Waals surface area contributed by atoms with Crippen LogP contribution in [0.1, 0.15) is 11.1 Å². The second-order valence-electron chi connectivity index (χ2n) is 6.58. The summed E-state index contributed by atoms with van der Waals surface area (Å²) >= 11 is 3.60. The molecule has 0 saturated heterocycles. The Morgan fingerprint density at radius 1 is 0.967 bits per heavy atom. The maximum atomic E-state index is 11.4. The molecule has 0 radical (unpaired) electrons. The molecule has 8 heteroatoms. The van der Waals surface area contributed by atoms with Gasteiger partial charge in [0.25, 0.3) is 0 Å². The molecule has 0 bridgehead atoms. The predicted molar refractivity (Wildman–Crippen MR) is 125 cm³/mol. The lowest BCUT2D eigenvalue weighted by atomic mass is 10.2. The number of halogens is 2. The monoisotopic (exact) mass is 489 g/mol. The van der Waals surface area contributed by atoms with Gasteiger partial charge in [0.2, 0.25) is 0 Å². The SMILES string of the molecule is COc1cc(CNc2ccc3[nH]c(=O)[nH]c3c2)cc(Br)c1OCc1ccccc1.Cl. The Morgan fingerprint density at radius 2 is 1.73 bits per heavy atom. The van der Waals surface area contributed by atoms with Crippen molar-refractivity contribution in [1.29, 1.82) is 0 Å². The minimum atomic E-state index is -0.211. The molecule has 0 unspecified atom stereocenters. The third-order valence-corrected chi connectivity index (χ3v) is 5.12. The molecule has 4 rings (SSSR count). The summed E-state index contributed by atoms with van der Waals surface area (Å²) in [6.07, 6.45) is 0. The number of aromatic amines is 2. The molecule has 0 atom stereocenters. The van der Waals surface area contributed by atoms with Gasteiger partial charge >= 0.3 is 5.69 Å². The molecule has 0 saturated carbocycles. The van der Waals surface area contributed by atoms with Crippen LogP contribution in [-0.4, -0.2) is 17.1 Å². The van der Waals surface area contributed by atoms with Crippen LogP contribution in [0, 0.1) is 0 Å². The number of nitrogens with one attached hydrogen (secondary N) is 3. The lowest BCUT2D eigenvalue weighted by Crippen LogP contribution is -2.03. The van der Waals surface area contributed by atoms with Gasteiger partial charge in [-0.05, 0) is 57.4 Å². The normalized spacial score (nSPS) is 10.5. The number of benzene rings is 3. The number of methoxy groups -OCH3 is 1. The molecule has 156 valence electrons. The Labute approximate surface area is 188 Å². The van der Waals surface area contributed by atoms with E-state index in [9.17, 15) is 4.79 Å². The molecule has 30 heavy (non-hydrogen) atoms. The van der Waals surface area contributed by atoms with Gasteiger partial charge in [-0.25, -0.2) is 4.79 Å². The van der Waals surface area contributed by atoms with Crippen molar-refractivity contribution in [3.8, 4) is 11.5 Å². The van der Waals surface area contributed by atoms with Crippen LogP contribution in [0.4, 0.5) is 5.69 Å². The molecule has 1 aromatic heterocycles. The highest BCUT2D eigenvalue weighted by Gasteiger charge is 2.12. The zero-order chi connectivity index (χ0) is 20.2. The topological polar surface area (TPSA) is 79.1 Å². The van der Waals surface area contributed by atoms with E-state index in [2.05, 4.69) is 31.2 Å². The fraction of sp³-hybridized carbons (Fsp3) is 0.136. The third-order valence-electron chi connectivity index (χ3n) is 4.53. The van der Waals surface area contributed by atoms with E-state index in [-0.39, 0.29) is 18.1 Å². The van der Waals surface area contributed by atoms with Crippen molar-refractivity contribution in [3.63, 3.8) is 0 Å². The van der Waals surface area contributed by atoms with Gasteiger partial charge in [-0.3, -0.25) is 0 Å². The quantitative estimate of drug-likeness (QED) is 0.331. The van der Waals surface area contributed by atoms with E-state index >= 15 is 0 Å². The van der Waals surface area contributed by atoms with Gasteiger partial charge in [0.15, 0.2) is 11.5 Å². The standard InChI is InChI=1S/C22H20BrN3O3.ClH/c1-28-20-10-15(9-17(23)21(20)29-13-14-5-3-2-4-6-14)12-24-16-7-8-18-19(11-16)26-22(27)25-18;/h2-11,24H,12-13H2,1H3,(H2,25,26,27);1H.